The Morgan fingerprint density at radius 2 is 1.69 bits per heavy atom. The lowest BCUT2D eigenvalue weighted by atomic mass is 9.97. The molecule has 8 heteroatoms. The number of rotatable bonds is 5. The number of carbonyl (C=O) groups is 2. The van der Waals surface area contributed by atoms with E-state index >= 15 is 0 Å². The predicted octanol–water partition coefficient (Wildman–Crippen LogP) is 5.62. The molecule has 0 spiro atoms. The van der Waals surface area contributed by atoms with Crippen LogP contribution < -0.4 is 5.32 Å². The van der Waals surface area contributed by atoms with E-state index in [-0.39, 0.29) is 24.1 Å². The van der Waals surface area contributed by atoms with Gasteiger partial charge in [-0.3, -0.25) is 9.59 Å². The molecule has 0 bridgehead atoms. The van der Waals surface area contributed by atoms with Gasteiger partial charge in [0.2, 0.25) is 5.91 Å². The third kappa shape index (κ3) is 5.09. The first-order valence-electron chi connectivity index (χ1n) is 11.7. The number of hydrogen-bond acceptors (Lipinski definition) is 5. The molecular weight excluding hydrogens is 475 g/mol. The average molecular weight is 501 g/mol. The second-order valence-corrected chi connectivity index (χ2v) is 10.1. The fourth-order valence-corrected chi connectivity index (χ4v) is 5.25. The summed E-state index contributed by atoms with van der Waals surface area (Å²) >= 11 is 1.23. The first-order valence-corrected chi connectivity index (χ1v) is 12.6. The molecule has 0 aliphatic carbocycles. The maximum atomic E-state index is 13.9. The molecule has 0 fully saturated rings. The summed E-state index contributed by atoms with van der Waals surface area (Å²) in [5, 5.41) is 9.00. The van der Waals surface area contributed by atoms with Gasteiger partial charge >= 0.3 is 0 Å². The number of carbonyl (C=O) groups excluding carboxylic acids is 2. The highest BCUT2D eigenvalue weighted by Gasteiger charge is 2.39. The van der Waals surface area contributed by atoms with Crippen LogP contribution in [-0.2, 0) is 9.59 Å². The van der Waals surface area contributed by atoms with E-state index in [1.807, 2.05) is 13.8 Å². The Labute approximate surface area is 213 Å². The minimum Gasteiger partial charge on any atom is -0.324 e. The van der Waals surface area contributed by atoms with Crippen molar-refractivity contribution in [2.75, 3.05) is 5.32 Å². The molecule has 6 nitrogen and oxygen atoms in total. The van der Waals surface area contributed by atoms with Gasteiger partial charge in [0, 0.05) is 12.8 Å². The van der Waals surface area contributed by atoms with Crippen LogP contribution in [0.3, 0.4) is 0 Å². The van der Waals surface area contributed by atoms with Crippen molar-refractivity contribution in [2.45, 2.75) is 38.0 Å². The number of para-hydroxylation sites is 1. The number of aliphatic imine (C=N–C) groups is 1. The van der Waals surface area contributed by atoms with E-state index in [1.54, 1.807) is 17.1 Å². The third-order valence-electron chi connectivity index (χ3n) is 6.20. The summed E-state index contributed by atoms with van der Waals surface area (Å²) in [6.07, 6.45) is 0.556. The van der Waals surface area contributed by atoms with Gasteiger partial charge in [-0.1, -0.05) is 83.6 Å². The van der Waals surface area contributed by atoms with Crippen molar-refractivity contribution >= 4 is 40.1 Å². The molecule has 3 aromatic carbocycles. The zero-order chi connectivity index (χ0) is 25.2. The van der Waals surface area contributed by atoms with Crippen LogP contribution >= 0.6 is 11.8 Å². The molecule has 36 heavy (non-hydrogen) atoms. The summed E-state index contributed by atoms with van der Waals surface area (Å²) in [6, 6.07) is 22.3. The highest BCUT2D eigenvalue weighted by molar-refractivity contribution is 8.15. The van der Waals surface area contributed by atoms with Crippen molar-refractivity contribution in [2.24, 2.45) is 10.1 Å². The van der Waals surface area contributed by atoms with Gasteiger partial charge in [0.15, 0.2) is 5.17 Å². The van der Waals surface area contributed by atoms with Gasteiger partial charge in [-0.15, -0.1) is 0 Å². The van der Waals surface area contributed by atoms with Crippen LogP contribution in [0.4, 0.5) is 10.1 Å². The molecule has 182 valence electrons. The van der Waals surface area contributed by atoms with Crippen molar-refractivity contribution in [1.29, 1.82) is 0 Å². The summed E-state index contributed by atoms with van der Waals surface area (Å²) in [4.78, 5) is 29.5. The molecule has 1 N–H and O–H groups in total. The Morgan fingerprint density at radius 3 is 2.39 bits per heavy atom. The van der Waals surface area contributed by atoms with Crippen LogP contribution in [0.1, 0.15) is 41.1 Å². The molecule has 2 amide bonds. The van der Waals surface area contributed by atoms with E-state index in [9.17, 15) is 14.0 Å². The van der Waals surface area contributed by atoms with Gasteiger partial charge in [0.05, 0.1) is 17.4 Å². The Balaban J connectivity index is 1.36. The number of benzene rings is 3. The Bertz CT molecular complexity index is 1370. The van der Waals surface area contributed by atoms with Crippen molar-refractivity contribution in [3.8, 4) is 0 Å². The van der Waals surface area contributed by atoms with Crippen molar-refractivity contribution < 1.29 is 14.0 Å². The summed E-state index contributed by atoms with van der Waals surface area (Å²) in [6.45, 7) is 4.08. The van der Waals surface area contributed by atoms with E-state index in [1.165, 1.54) is 29.5 Å². The van der Waals surface area contributed by atoms with Gasteiger partial charge in [-0.2, -0.15) is 10.1 Å². The second-order valence-electron chi connectivity index (χ2n) is 8.96. The van der Waals surface area contributed by atoms with Gasteiger partial charge in [-0.25, -0.2) is 9.40 Å². The number of hydrazone groups is 1. The summed E-state index contributed by atoms with van der Waals surface area (Å²) < 4.78 is 13.9. The van der Waals surface area contributed by atoms with Gasteiger partial charge in [0.1, 0.15) is 11.1 Å². The van der Waals surface area contributed by atoms with Crippen molar-refractivity contribution in [1.82, 2.24) is 5.01 Å². The molecule has 5 rings (SSSR count). The number of thioether (sulfide) groups is 1. The molecular formula is C28H25FN4O2S. The molecule has 0 radical (unpaired) electrons. The fourth-order valence-electron chi connectivity index (χ4n) is 4.19. The number of aryl methyl sites for hydroxylation is 2. The molecule has 0 unspecified atom stereocenters. The molecule has 0 saturated heterocycles. The van der Waals surface area contributed by atoms with E-state index in [0.717, 1.165) is 22.4 Å². The maximum Gasteiger partial charge on any atom is 0.262 e. The zero-order valence-electron chi connectivity index (χ0n) is 19.9. The van der Waals surface area contributed by atoms with Gasteiger partial charge in [0.25, 0.3) is 5.91 Å². The molecule has 0 aromatic heterocycles. The molecule has 2 aliphatic heterocycles. The van der Waals surface area contributed by atoms with E-state index < -0.39 is 17.0 Å². The zero-order valence-corrected chi connectivity index (χ0v) is 20.8. The fraction of sp³-hybridized carbons (Fsp3) is 0.214. The number of hydrogen-bond donors (Lipinski definition) is 1. The highest BCUT2D eigenvalue weighted by Crippen LogP contribution is 2.38. The van der Waals surface area contributed by atoms with Crippen LogP contribution in [0.25, 0.3) is 0 Å². The minimum absolute atomic E-state index is 0.0883. The lowest BCUT2D eigenvalue weighted by Crippen LogP contribution is -2.25. The van der Waals surface area contributed by atoms with E-state index in [4.69, 9.17) is 5.10 Å². The standard InChI is InChI=1S/C28H25FN4O2S/c1-17-7-11-19(12-8-17)23-15-24(20-13-9-18(2)10-14-20)33(32-23)28-31-27(35)25(36-28)16-26(34)30-22-6-4-3-5-21(22)29/h3-14,24-25H,15-16H2,1-2H3,(H,30,34)/t24-,25+/m0/s1. The Hall–Kier alpha value is -3.78. The third-order valence-corrected chi connectivity index (χ3v) is 7.34. The van der Waals surface area contributed by atoms with E-state index in [0.29, 0.717) is 11.6 Å². The van der Waals surface area contributed by atoms with Crippen LogP contribution in [0, 0.1) is 19.7 Å². The van der Waals surface area contributed by atoms with Crippen LogP contribution in [0.15, 0.2) is 82.9 Å². The monoisotopic (exact) mass is 500 g/mol. The van der Waals surface area contributed by atoms with Crippen molar-refractivity contribution in [3.63, 3.8) is 0 Å². The molecule has 3 aromatic rings. The smallest absolute Gasteiger partial charge is 0.262 e. The number of amidine groups is 1. The van der Waals surface area contributed by atoms with Crippen LogP contribution in [0.5, 0.6) is 0 Å². The second kappa shape index (κ2) is 10.1. The summed E-state index contributed by atoms with van der Waals surface area (Å²) in [5.74, 6) is -1.35. The lowest BCUT2D eigenvalue weighted by Gasteiger charge is -2.23. The summed E-state index contributed by atoms with van der Waals surface area (Å²) in [5.41, 5.74) is 5.43. The lowest BCUT2D eigenvalue weighted by molar-refractivity contribution is -0.121. The highest BCUT2D eigenvalue weighted by atomic mass is 32.2. The van der Waals surface area contributed by atoms with Crippen molar-refractivity contribution in [3.05, 3.63) is 101 Å². The molecule has 2 aliphatic rings. The summed E-state index contributed by atoms with van der Waals surface area (Å²) in [7, 11) is 0. The Kier molecular flexibility index (Phi) is 6.69. The Morgan fingerprint density at radius 1 is 1.03 bits per heavy atom. The quantitative estimate of drug-likeness (QED) is 0.493. The van der Waals surface area contributed by atoms with Crippen LogP contribution in [-0.4, -0.2) is 33.0 Å². The predicted molar refractivity (Wildman–Crippen MR) is 142 cm³/mol. The minimum atomic E-state index is -0.691. The van der Waals surface area contributed by atoms with Gasteiger partial charge < -0.3 is 5.32 Å². The number of anilines is 1. The first-order chi connectivity index (χ1) is 17.4. The van der Waals surface area contributed by atoms with E-state index in [2.05, 4.69) is 58.8 Å². The molecule has 2 atom stereocenters. The normalized spacial score (nSPS) is 19.3. The van der Waals surface area contributed by atoms with Crippen LogP contribution in [0.2, 0.25) is 0 Å². The topological polar surface area (TPSA) is 74.1 Å². The number of nitrogens with zero attached hydrogens (tertiary/aromatic N) is 3. The number of amides is 2. The van der Waals surface area contributed by atoms with Gasteiger partial charge in [-0.05, 0) is 37.1 Å². The maximum absolute atomic E-state index is 13.9. The number of halogens is 1. The first kappa shape index (κ1) is 23.9. The SMILES string of the molecule is Cc1ccc(C2=NN(C3=NC(=O)[C@@H](CC(=O)Nc4ccccc4F)S3)[C@H](c3ccc(C)cc3)C2)cc1. The average Bonchev–Trinajstić information content (AvgIpc) is 3.45. The molecule has 0 saturated carbocycles. The molecule has 2 heterocycles. The largest absolute Gasteiger partial charge is 0.324 e. The number of nitrogens with one attached hydrogen (secondary N) is 1.